The Morgan fingerprint density at radius 2 is 1.83 bits per heavy atom. The van der Waals surface area contributed by atoms with Crippen molar-refractivity contribution < 1.29 is 28.9 Å². The summed E-state index contributed by atoms with van der Waals surface area (Å²) in [5, 5.41) is 5.59. The average Bonchev–Trinajstić information content (AvgIpc) is 2.31. The highest BCUT2D eigenvalue weighted by molar-refractivity contribution is 8.13. The first kappa shape index (κ1) is 20.1. The Morgan fingerprint density at radius 3 is 2.28 bits per heavy atom. The SMILES string of the molecule is CCOCCO[P+](=O)[O-].CCOCCSC(N)=[NH2+]. The number of ether oxygens (including phenoxy) is 2. The molecule has 0 aliphatic rings. The molecule has 18 heavy (non-hydrogen) atoms. The van der Waals surface area contributed by atoms with Crippen LogP contribution in [0.3, 0.4) is 0 Å². The van der Waals surface area contributed by atoms with E-state index in [-0.39, 0.29) is 6.61 Å². The van der Waals surface area contributed by atoms with Crippen LogP contribution in [0.15, 0.2) is 0 Å². The van der Waals surface area contributed by atoms with E-state index in [1.807, 2.05) is 13.8 Å². The third-order valence-corrected chi connectivity index (χ3v) is 2.43. The number of hydrogen-bond acceptors (Lipinski definition) is 6. The summed E-state index contributed by atoms with van der Waals surface area (Å²) in [5.41, 5.74) is 5.18. The normalized spacial score (nSPS) is 10.5. The molecule has 0 aromatic rings. The minimum atomic E-state index is -2.70. The van der Waals surface area contributed by atoms with Gasteiger partial charge in [-0.15, -0.1) is 4.52 Å². The van der Waals surface area contributed by atoms with Gasteiger partial charge in [0.2, 0.25) is 0 Å². The monoisotopic (exact) mass is 301 g/mol. The molecule has 9 heteroatoms. The lowest BCUT2D eigenvalue weighted by Crippen LogP contribution is -2.43. The van der Waals surface area contributed by atoms with Crippen molar-refractivity contribution in [3.63, 3.8) is 0 Å². The summed E-state index contributed by atoms with van der Waals surface area (Å²) in [5.74, 6) is 0.843. The van der Waals surface area contributed by atoms with Gasteiger partial charge in [0.1, 0.15) is 6.61 Å². The Morgan fingerprint density at radius 1 is 1.28 bits per heavy atom. The summed E-state index contributed by atoms with van der Waals surface area (Å²) < 4.78 is 23.7. The molecule has 1 atom stereocenters. The average molecular weight is 301 g/mol. The molecule has 108 valence electrons. The molecule has 0 fully saturated rings. The fourth-order valence-electron chi connectivity index (χ4n) is 0.678. The Kier molecular flexibility index (Phi) is 18.7. The Bertz CT molecular complexity index is 199. The maximum Gasteiger partial charge on any atom is 0.488 e. The molecular weight excluding hydrogens is 279 g/mol. The molecule has 0 aliphatic carbocycles. The maximum absolute atomic E-state index is 9.72. The van der Waals surface area contributed by atoms with Gasteiger partial charge in [-0.2, -0.15) is 0 Å². The van der Waals surface area contributed by atoms with Gasteiger partial charge >= 0.3 is 8.25 Å². The molecule has 0 rings (SSSR count). The van der Waals surface area contributed by atoms with E-state index in [1.165, 1.54) is 11.8 Å². The molecule has 0 saturated carbocycles. The molecule has 0 spiro atoms. The Labute approximate surface area is 113 Å². The molecule has 0 aliphatic heterocycles. The van der Waals surface area contributed by atoms with Gasteiger partial charge in [0.25, 0.3) is 5.17 Å². The van der Waals surface area contributed by atoms with Crippen LogP contribution in [0.2, 0.25) is 0 Å². The van der Waals surface area contributed by atoms with Crippen LogP contribution in [0.5, 0.6) is 0 Å². The summed E-state index contributed by atoms with van der Waals surface area (Å²) in [6.07, 6.45) is 0. The molecule has 0 radical (unpaired) electrons. The van der Waals surface area contributed by atoms with Crippen LogP contribution in [0.25, 0.3) is 0 Å². The zero-order valence-corrected chi connectivity index (χ0v) is 12.5. The zero-order chi connectivity index (χ0) is 14.2. The van der Waals surface area contributed by atoms with Crippen molar-refractivity contribution in [1.82, 2.24) is 0 Å². The van der Waals surface area contributed by atoms with Gasteiger partial charge in [0.05, 0.1) is 13.2 Å². The van der Waals surface area contributed by atoms with E-state index in [9.17, 15) is 9.46 Å². The van der Waals surface area contributed by atoms with E-state index in [4.69, 9.17) is 20.6 Å². The van der Waals surface area contributed by atoms with E-state index in [0.29, 0.717) is 18.4 Å². The lowest BCUT2D eigenvalue weighted by Gasteiger charge is -1.95. The molecule has 0 saturated heterocycles. The molecule has 0 heterocycles. The van der Waals surface area contributed by atoms with Crippen LogP contribution in [0.4, 0.5) is 0 Å². The van der Waals surface area contributed by atoms with Gasteiger partial charge in [-0.3, -0.25) is 11.1 Å². The van der Waals surface area contributed by atoms with Crippen molar-refractivity contribution in [2.45, 2.75) is 13.8 Å². The van der Waals surface area contributed by atoms with Crippen LogP contribution in [0.1, 0.15) is 13.8 Å². The number of rotatable bonds is 9. The quantitative estimate of drug-likeness (QED) is 0.240. The van der Waals surface area contributed by atoms with Crippen LogP contribution < -0.4 is 16.0 Å². The van der Waals surface area contributed by atoms with Gasteiger partial charge in [-0.05, 0) is 30.2 Å². The fraction of sp³-hybridized carbons (Fsp3) is 0.889. The highest BCUT2D eigenvalue weighted by Gasteiger charge is 1.98. The summed E-state index contributed by atoms with van der Waals surface area (Å²) in [6, 6.07) is 0. The predicted octanol–water partition coefficient (Wildman–Crippen LogP) is -1.11. The number of thioether (sulfide) groups is 1. The van der Waals surface area contributed by atoms with Gasteiger partial charge < -0.3 is 14.4 Å². The molecular formula is C9H22N2O5PS+. The molecule has 0 bridgehead atoms. The number of amidine groups is 1. The van der Waals surface area contributed by atoms with Crippen molar-refractivity contribution in [1.29, 1.82) is 0 Å². The maximum atomic E-state index is 9.72. The third kappa shape index (κ3) is 24.8. The van der Waals surface area contributed by atoms with Crippen molar-refractivity contribution in [3.8, 4) is 0 Å². The van der Waals surface area contributed by atoms with Gasteiger partial charge in [-0.25, -0.2) is 0 Å². The largest absolute Gasteiger partial charge is 0.566 e. The molecule has 7 nitrogen and oxygen atoms in total. The van der Waals surface area contributed by atoms with Gasteiger partial charge in [-0.1, -0.05) is 0 Å². The number of hydrogen-bond donors (Lipinski definition) is 2. The smallest absolute Gasteiger partial charge is 0.488 e. The topological polar surface area (TPSA) is 119 Å². The molecule has 0 aromatic carbocycles. The van der Waals surface area contributed by atoms with Crippen LogP contribution >= 0.6 is 20.0 Å². The van der Waals surface area contributed by atoms with Crippen molar-refractivity contribution in [2.75, 3.05) is 38.8 Å². The lowest BCUT2D eigenvalue weighted by molar-refractivity contribution is -0.186. The zero-order valence-electron chi connectivity index (χ0n) is 10.8. The molecule has 1 unspecified atom stereocenters. The van der Waals surface area contributed by atoms with Crippen LogP contribution in [-0.2, 0) is 18.6 Å². The van der Waals surface area contributed by atoms with E-state index < -0.39 is 8.25 Å². The first-order valence-electron chi connectivity index (χ1n) is 5.48. The predicted molar refractivity (Wildman–Crippen MR) is 70.1 cm³/mol. The minimum Gasteiger partial charge on any atom is -0.566 e. The third-order valence-electron chi connectivity index (χ3n) is 1.33. The molecule has 0 amide bonds. The van der Waals surface area contributed by atoms with Crippen molar-refractivity contribution >= 4 is 25.2 Å². The summed E-state index contributed by atoms with van der Waals surface area (Å²) in [7, 11) is -2.70. The summed E-state index contributed by atoms with van der Waals surface area (Å²) in [6.45, 7) is 6.30. The standard InChI is InChI=1S/C5H12N2OS.C4H9O4P/c1-2-8-3-4-9-5(6)7;1-2-7-3-4-8-9(5)6/h2-4H2,1H3,(H3,6,7);2-4H2,1H3/p+1. The summed E-state index contributed by atoms with van der Waals surface area (Å²) in [4.78, 5) is 9.72. The first-order valence-corrected chi connectivity index (χ1v) is 7.56. The second kappa shape index (κ2) is 16.8. The highest BCUT2D eigenvalue weighted by atomic mass is 32.2. The fourth-order valence-corrected chi connectivity index (χ4v) is 1.34. The number of nitrogens with two attached hydrogens (primary N) is 2. The highest BCUT2D eigenvalue weighted by Crippen LogP contribution is 2.06. The van der Waals surface area contributed by atoms with Crippen LogP contribution in [0, 0.1) is 0 Å². The van der Waals surface area contributed by atoms with Crippen LogP contribution in [-0.4, -0.2) is 44.0 Å². The van der Waals surface area contributed by atoms with E-state index >= 15 is 0 Å². The van der Waals surface area contributed by atoms with Crippen molar-refractivity contribution in [3.05, 3.63) is 0 Å². The minimum absolute atomic E-state index is 0.118. The van der Waals surface area contributed by atoms with Crippen molar-refractivity contribution in [2.24, 2.45) is 5.73 Å². The second-order valence-electron chi connectivity index (χ2n) is 2.70. The van der Waals surface area contributed by atoms with E-state index in [1.54, 1.807) is 0 Å². The lowest BCUT2D eigenvalue weighted by atomic mass is 10.8. The van der Waals surface area contributed by atoms with Gasteiger partial charge in [0, 0.05) is 19.0 Å². The Balaban J connectivity index is 0. The molecule has 0 aromatic heterocycles. The second-order valence-corrected chi connectivity index (χ2v) is 4.58. The van der Waals surface area contributed by atoms with E-state index in [2.05, 4.69) is 4.52 Å². The first-order chi connectivity index (χ1) is 8.54. The van der Waals surface area contributed by atoms with E-state index in [0.717, 1.165) is 19.0 Å². The van der Waals surface area contributed by atoms with Gasteiger partial charge in [0.15, 0.2) is 0 Å². The Hall–Kier alpha value is -0.240. The summed E-state index contributed by atoms with van der Waals surface area (Å²) >= 11 is 1.42. The molecule has 4 N–H and O–H groups in total.